The van der Waals surface area contributed by atoms with Gasteiger partial charge in [0.1, 0.15) is 0 Å². The summed E-state index contributed by atoms with van der Waals surface area (Å²) in [6.07, 6.45) is 51.8. The first-order valence-corrected chi connectivity index (χ1v) is 24.8. The smallest absolute Gasteiger partial charge is 0.347 e. The summed E-state index contributed by atoms with van der Waals surface area (Å²) >= 11 is 0. The molecule has 0 aliphatic carbocycles. The number of phosphoric acid groups is 1. The van der Waals surface area contributed by atoms with Crippen LogP contribution in [-0.2, 0) is 23.1 Å². The van der Waals surface area contributed by atoms with Crippen molar-refractivity contribution in [2.24, 2.45) is 5.92 Å². The van der Waals surface area contributed by atoms with Gasteiger partial charge < -0.3 is 19.3 Å². The van der Waals surface area contributed by atoms with Crippen molar-refractivity contribution in [1.29, 1.82) is 0 Å². The molecule has 56 heavy (non-hydrogen) atoms. The molecule has 0 aromatic heterocycles. The van der Waals surface area contributed by atoms with Gasteiger partial charge in [-0.1, -0.05) is 146 Å². The molecule has 8 heteroatoms. The van der Waals surface area contributed by atoms with Crippen LogP contribution >= 0.6 is 7.82 Å². The van der Waals surface area contributed by atoms with Crippen LogP contribution in [0.1, 0.15) is 201 Å². The largest absolute Gasteiger partial charge is 0.471 e. The maximum absolute atomic E-state index is 11.7. The monoisotopic (exact) mass is 808 g/mol. The van der Waals surface area contributed by atoms with Gasteiger partial charge in [-0.25, -0.2) is 4.57 Å². The number of likely N-dealkylation sites (N-methyl/N-ethyl adjacent to an activating group) is 1. The zero-order valence-corrected chi connectivity index (χ0v) is 38.3. The molecule has 1 saturated heterocycles. The average Bonchev–Trinajstić information content (AvgIpc) is 3.61. The number of hydrogen-bond donors (Lipinski definition) is 1. The van der Waals surface area contributed by atoms with Gasteiger partial charge in [0.25, 0.3) is 0 Å². The minimum Gasteiger partial charge on any atom is -0.347 e. The van der Waals surface area contributed by atoms with E-state index in [1.807, 2.05) is 7.05 Å². The fourth-order valence-corrected chi connectivity index (χ4v) is 7.87. The number of allylic oxidation sites excluding steroid dienone is 8. The predicted octanol–water partition coefficient (Wildman–Crippen LogP) is 14.6. The number of unbranched alkanes of at least 4 members (excludes halogenated alkanes) is 18. The maximum Gasteiger partial charge on any atom is 0.471 e. The Morgan fingerprint density at radius 1 is 0.696 bits per heavy atom. The number of hydrogen-bond acceptors (Lipinski definition) is 6. The Labute approximate surface area is 347 Å². The molecule has 0 aromatic carbocycles. The van der Waals surface area contributed by atoms with Gasteiger partial charge in [-0.15, -0.1) is 0 Å². The molecule has 1 fully saturated rings. The van der Waals surface area contributed by atoms with Gasteiger partial charge in [0.2, 0.25) is 0 Å². The minimum absolute atomic E-state index is 0.0856. The van der Waals surface area contributed by atoms with Crippen LogP contribution in [0.3, 0.4) is 0 Å². The second-order valence-electron chi connectivity index (χ2n) is 16.6. The van der Waals surface area contributed by atoms with E-state index in [1.165, 1.54) is 136 Å². The first kappa shape index (κ1) is 53.0. The lowest BCUT2D eigenvalue weighted by molar-refractivity contribution is -0.184. The van der Waals surface area contributed by atoms with Crippen LogP contribution in [0, 0.1) is 5.92 Å². The summed E-state index contributed by atoms with van der Waals surface area (Å²) in [6.45, 7) is 10.3. The molecule has 0 aromatic rings. The summed E-state index contributed by atoms with van der Waals surface area (Å²) in [5.41, 5.74) is 0. The highest BCUT2D eigenvalue weighted by Gasteiger charge is 2.42. The molecule has 328 valence electrons. The molecule has 1 heterocycles. The minimum atomic E-state index is -3.95. The highest BCUT2D eigenvalue weighted by molar-refractivity contribution is 7.47. The number of phosphoric ester groups is 1. The lowest BCUT2D eigenvalue weighted by Gasteiger charge is -2.31. The maximum atomic E-state index is 11.7. The molecule has 1 N–H and O–H groups in total. The van der Waals surface area contributed by atoms with Gasteiger partial charge in [-0.3, -0.25) is 9.05 Å². The molecule has 1 aliphatic rings. The summed E-state index contributed by atoms with van der Waals surface area (Å²) < 4.78 is 34.8. The van der Waals surface area contributed by atoms with Gasteiger partial charge in [0, 0.05) is 32.5 Å². The van der Waals surface area contributed by atoms with E-state index >= 15 is 0 Å². The standard InChI is InChI=1S/C48H90NO6P/c1-7-9-11-13-15-17-19-21-23-25-27-29-31-33-35-37-39-48(40-38-36-34-32-30-28-26-24-22-20-18-16-14-12-10-8-2)53-44-47(55-48)45(3)43-46(4)49(5)41-42-54-56(50,51)52-6/h15-18,21-24,45-47H,7-14,19-20,25-44H2,1-6H3,(H,50,51)/b17-15-,18-16-,23-21-,24-22-/t45?,46?,47-/m1/s1. The highest BCUT2D eigenvalue weighted by Crippen LogP contribution is 2.42. The lowest BCUT2D eigenvalue weighted by atomic mass is 9.96. The van der Waals surface area contributed by atoms with Gasteiger partial charge in [0.05, 0.1) is 19.3 Å². The topological polar surface area (TPSA) is 77.5 Å². The van der Waals surface area contributed by atoms with Gasteiger partial charge in [-0.2, -0.15) is 0 Å². The molecular formula is C48H90NO6P. The molecule has 0 bridgehead atoms. The van der Waals surface area contributed by atoms with Crippen LogP contribution in [0.4, 0.5) is 0 Å². The van der Waals surface area contributed by atoms with Gasteiger partial charge in [0.15, 0.2) is 5.79 Å². The molecule has 0 radical (unpaired) electrons. The van der Waals surface area contributed by atoms with Crippen molar-refractivity contribution in [3.63, 3.8) is 0 Å². The average molecular weight is 808 g/mol. The van der Waals surface area contributed by atoms with Gasteiger partial charge in [-0.05, 0) is 103 Å². The number of rotatable bonds is 39. The molecule has 0 saturated carbocycles. The first-order chi connectivity index (χ1) is 27.2. The van der Waals surface area contributed by atoms with Crippen molar-refractivity contribution in [2.45, 2.75) is 219 Å². The molecule has 0 amide bonds. The Hall–Kier alpha value is -1.05. The van der Waals surface area contributed by atoms with Crippen LogP contribution in [0.5, 0.6) is 0 Å². The zero-order chi connectivity index (χ0) is 41.0. The van der Waals surface area contributed by atoms with E-state index in [-0.39, 0.29) is 18.8 Å². The third-order valence-electron chi connectivity index (χ3n) is 11.4. The van der Waals surface area contributed by atoms with Crippen LogP contribution in [0.2, 0.25) is 0 Å². The van der Waals surface area contributed by atoms with Crippen molar-refractivity contribution in [3.8, 4) is 0 Å². The lowest BCUT2D eigenvalue weighted by Crippen LogP contribution is -2.36. The molecule has 0 spiro atoms. The van der Waals surface area contributed by atoms with E-state index in [9.17, 15) is 9.46 Å². The van der Waals surface area contributed by atoms with Crippen molar-refractivity contribution in [2.75, 3.05) is 33.9 Å². The quantitative estimate of drug-likeness (QED) is 0.0376. The number of nitrogens with zero attached hydrogens (tertiary/aromatic N) is 1. The second-order valence-corrected chi connectivity index (χ2v) is 18.1. The van der Waals surface area contributed by atoms with Crippen LogP contribution in [0.25, 0.3) is 0 Å². The normalized spacial score (nSPS) is 18.4. The SMILES string of the molecule is CCCCC/C=C\C/C=C\CCCCCCCCC1(CCCCCCCC/C=C\C/C=C\CCCCC)OC[C@H](C(C)CC(C)N(C)CCOP(=O)(O)OC)O1. The van der Waals surface area contributed by atoms with E-state index in [0.717, 1.165) is 44.9 Å². The van der Waals surface area contributed by atoms with E-state index in [1.54, 1.807) is 0 Å². The third kappa shape index (κ3) is 29.2. The Bertz CT molecular complexity index is 1010. The molecule has 7 nitrogen and oxygen atoms in total. The van der Waals surface area contributed by atoms with Crippen LogP contribution < -0.4 is 0 Å². The van der Waals surface area contributed by atoms with E-state index in [0.29, 0.717) is 19.1 Å². The summed E-state index contributed by atoms with van der Waals surface area (Å²) in [5, 5.41) is 0. The third-order valence-corrected chi connectivity index (χ3v) is 12.4. The second kappa shape index (κ2) is 35.9. The molecule has 3 unspecified atom stereocenters. The fourth-order valence-electron chi connectivity index (χ4n) is 7.45. The Kier molecular flexibility index (Phi) is 33.9. The highest BCUT2D eigenvalue weighted by atomic mass is 31.2. The van der Waals surface area contributed by atoms with Crippen molar-refractivity contribution < 1.29 is 28.0 Å². The van der Waals surface area contributed by atoms with Crippen molar-refractivity contribution in [3.05, 3.63) is 48.6 Å². The van der Waals surface area contributed by atoms with Crippen molar-refractivity contribution in [1.82, 2.24) is 4.90 Å². The van der Waals surface area contributed by atoms with Crippen LogP contribution in [-0.4, -0.2) is 61.6 Å². The molecule has 1 rings (SSSR count). The molecule has 4 atom stereocenters. The molecule has 1 aliphatic heterocycles. The van der Waals surface area contributed by atoms with Crippen LogP contribution in [0.15, 0.2) is 48.6 Å². The Morgan fingerprint density at radius 2 is 1.12 bits per heavy atom. The first-order valence-electron chi connectivity index (χ1n) is 23.3. The number of ether oxygens (including phenoxy) is 2. The van der Waals surface area contributed by atoms with E-state index in [2.05, 4.69) is 85.7 Å². The summed E-state index contributed by atoms with van der Waals surface area (Å²) in [6, 6.07) is 0.271. The Morgan fingerprint density at radius 3 is 1.57 bits per heavy atom. The van der Waals surface area contributed by atoms with Crippen molar-refractivity contribution >= 4 is 7.82 Å². The summed E-state index contributed by atoms with van der Waals surface area (Å²) in [7, 11) is -0.731. The molecular weight excluding hydrogens is 718 g/mol. The predicted molar refractivity (Wildman–Crippen MR) is 240 cm³/mol. The summed E-state index contributed by atoms with van der Waals surface area (Å²) in [5.74, 6) is -0.112. The van der Waals surface area contributed by atoms with E-state index in [4.69, 9.17) is 14.0 Å². The zero-order valence-electron chi connectivity index (χ0n) is 37.4. The summed E-state index contributed by atoms with van der Waals surface area (Å²) in [4.78, 5) is 11.7. The van der Waals surface area contributed by atoms with E-state index < -0.39 is 13.6 Å². The van der Waals surface area contributed by atoms with Gasteiger partial charge >= 0.3 is 7.82 Å². The Balaban J connectivity index is 2.45. The fraction of sp³-hybridized carbons (Fsp3) is 0.833.